The van der Waals surface area contributed by atoms with Crippen LogP contribution in [0.25, 0.3) is 44.9 Å². The van der Waals surface area contributed by atoms with E-state index >= 15 is 0 Å². The minimum absolute atomic E-state index is 0.468. The number of pyridine rings is 2. The molecule has 5 heterocycles. The van der Waals surface area contributed by atoms with Crippen LogP contribution in [0.5, 0.6) is 0 Å². The van der Waals surface area contributed by atoms with Crippen molar-refractivity contribution in [3.63, 3.8) is 0 Å². The van der Waals surface area contributed by atoms with E-state index in [0.29, 0.717) is 37.6 Å². The van der Waals surface area contributed by atoms with Gasteiger partial charge in [0.2, 0.25) is 5.76 Å². The maximum absolute atomic E-state index is 6.77. The molecule has 8 heteroatoms. The average Bonchev–Trinajstić information content (AvgIpc) is 3.73. The Morgan fingerprint density at radius 1 is 0.872 bits per heavy atom. The van der Waals surface area contributed by atoms with Crippen molar-refractivity contribution in [2.75, 3.05) is 13.2 Å². The van der Waals surface area contributed by atoms with Crippen molar-refractivity contribution in [2.24, 2.45) is 5.73 Å². The first kappa shape index (κ1) is 22.6. The molecule has 4 aromatic heterocycles. The molecular weight excluding hydrogens is 490 g/mol. The Labute approximate surface area is 224 Å². The Hall–Kier alpha value is -4.37. The maximum Gasteiger partial charge on any atom is 0.349 e. The second-order valence-corrected chi connectivity index (χ2v) is 10.4. The van der Waals surface area contributed by atoms with Gasteiger partial charge >= 0.3 is 5.82 Å². The van der Waals surface area contributed by atoms with Crippen LogP contribution in [0, 0.1) is 0 Å². The van der Waals surface area contributed by atoms with Gasteiger partial charge in [0.25, 0.3) is 5.65 Å². The Balaban J connectivity index is 1.28. The predicted octanol–water partition coefficient (Wildman–Crippen LogP) is 4.78. The summed E-state index contributed by atoms with van der Waals surface area (Å²) in [7, 11) is 0. The number of nitrogens with two attached hydrogens (primary N) is 1. The highest BCUT2D eigenvalue weighted by atomic mass is 16.7. The van der Waals surface area contributed by atoms with Gasteiger partial charge in [-0.2, -0.15) is 4.40 Å². The summed E-state index contributed by atoms with van der Waals surface area (Å²) < 4.78 is 21.4. The molecule has 1 aliphatic heterocycles. The molecule has 0 unspecified atom stereocenters. The Morgan fingerprint density at radius 2 is 1.67 bits per heavy atom. The van der Waals surface area contributed by atoms with E-state index in [4.69, 9.17) is 29.7 Å². The molecule has 8 nitrogen and oxygen atoms in total. The summed E-state index contributed by atoms with van der Waals surface area (Å²) in [6.07, 6.45) is 6.88. The van der Waals surface area contributed by atoms with Crippen LogP contribution < -0.4 is 10.1 Å². The van der Waals surface area contributed by atoms with E-state index in [0.717, 1.165) is 38.9 Å². The number of aromatic nitrogens is 4. The lowest BCUT2D eigenvalue weighted by Crippen LogP contribution is -2.60. The summed E-state index contributed by atoms with van der Waals surface area (Å²) in [5.41, 5.74) is 12.2. The van der Waals surface area contributed by atoms with Crippen LogP contribution >= 0.6 is 0 Å². The largest absolute Gasteiger partial charge is 0.458 e. The van der Waals surface area contributed by atoms with Gasteiger partial charge in [-0.15, -0.1) is 0 Å². The van der Waals surface area contributed by atoms with Crippen molar-refractivity contribution in [2.45, 2.75) is 24.2 Å². The third-order valence-electron chi connectivity index (χ3n) is 7.91. The summed E-state index contributed by atoms with van der Waals surface area (Å²) in [5, 5.41) is 6.01. The monoisotopic (exact) mass is 516 g/mol. The number of nitrogens with zero attached hydrogens (tertiary/aromatic N) is 4. The molecule has 2 aromatic carbocycles. The lowest BCUT2D eigenvalue weighted by molar-refractivity contribution is -0.499. The summed E-state index contributed by atoms with van der Waals surface area (Å²) in [6.45, 7) is 1.26. The molecule has 39 heavy (non-hydrogen) atoms. The minimum atomic E-state index is -0.511. The molecule has 2 N–H and O–H groups in total. The number of hydrogen-bond donors (Lipinski definition) is 1. The first-order valence-corrected chi connectivity index (χ1v) is 13.1. The molecule has 192 valence electrons. The van der Waals surface area contributed by atoms with E-state index in [9.17, 15) is 0 Å². The summed E-state index contributed by atoms with van der Waals surface area (Å²) in [6, 6.07) is 26.6. The van der Waals surface area contributed by atoms with Crippen molar-refractivity contribution in [3.8, 4) is 28.4 Å². The molecule has 1 saturated heterocycles. The SMILES string of the molecule is NC1(c2ccc(-n3nc(-c4ccco4)[n+]4ccc5ncc(-c6ccccc6)cc5c34)cc2)CC2(C1)OCCO2. The van der Waals surface area contributed by atoms with Crippen LogP contribution in [0.3, 0.4) is 0 Å². The average molecular weight is 517 g/mol. The molecule has 0 amide bonds. The van der Waals surface area contributed by atoms with Gasteiger partial charge < -0.3 is 19.6 Å². The van der Waals surface area contributed by atoms with E-state index in [2.05, 4.69) is 46.9 Å². The molecule has 6 aromatic rings. The van der Waals surface area contributed by atoms with Crippen molar-refractivity contribution in [1.82, 2.24) is 14.8 Å². The van der Waals surface area contributed by atoms with Crippen LogP contribution in [-0.2, 0) is 15.0 Å². The van der Waals surface area contributed by atoms with Crippen LogP contribution in [0.4, 0.5) is 0 Å². The Morgan fingerprint density at radius 3 is 2.41 bits per heavy atom. The Kier molecular flexibility index (Phi) is 4.82. The fourth-order valence-electron chi connectivity index (χ4n) is 6.00. The zero-order chi connectivity index (χ0) is 26.0. The van der Waals surface area contributed by atoms with E-state index in [-0.39, 0.29) is 0 Å². The van der Waals surface area contributed by atoms with Crippen LogP contribution in [-0.4, -0.2) is 33.8 Å². The van der Waals surface area contributed by atoms with Crippen molar-refractivity contribution >= 4 is 16.6 Å². The van der Waals surface area contributed by atoms with E-state index in [1.54, 1.807) is 6.26 Å². The van der Waals surface area contributed by atoms with Gasteiger partial charge in [-0.1, -0.05) is 47.1 Å². The van der Waals surface area contributed by atoms with Gasteiger partial charge in [0, 0.05) is 24.6 Å². The summed E-state index contributed by atoms with van der Waals surface area (Å²) in [4.78, 5) is 4.80. The first-order chi connectivity index (χ1) is 19.1. The van der Waals surface area contributed by atoms with Crippen molar-refractivity contribution < 1.29 is 18.3 Å². The van der Waals surface area contributed by atoms with Gasteiger partial charge in [0.05, 0.1) is 47.2 Å². The number of rotatable bonds is 4. The number of hydrogen-bond acceptors (Lipinski definition) is 6. The normalized spacial score (nSPS) is 17.7. The van der Waals surface area contributed by atoms with Crippen LogP contribution in [0.2, 0.25) is 0 Å². The van der Waals surface area contributed by atoms with E-state index in [1.807, 2.05) is 53.5 Å². The molecule has 1 saturated carbocycles. The lowest BCUT2D eigenvalue weighted by Gasteiger charge is -2.50. The minimum Gasteiger partial charge on any atom is -0.458 e. The maximum atomic E-state index is 6.77. The predicted molar refractivity (Wildman–Crippen MR) is 145 cm³/mol. The van der Waals surface area contributed by atoms with Crippen LogP contribution in [0.15, 0.2) is 102 Å². The fourth-order valence-corrected chi connectivity index (χ4v) is 6.00. The second kappa shape index (κ2) is 8.31. The molecule has 1 aliphatic carbocycles. The highest BCUT2D eigenvalue weighted by molar-refractivity contribution is 5.93. The molecule has 2 fully saturated rings. The smallest absolute Gasteiger partial charge is 0.349 e. The standard InChI is InChI=1S/C31H26N5O3/c32-30(19-31(20-30)38-15-16-39-31)23-8-10-24(11-9-23)36-29-25-17-22(21-5-2-1-3-6-21)18-33-26(25)12-13-35(29)28(34-36)27-7-4-14-37-27/h1-14,17-18H,15-16,19-20,32H2/q+1. The van der Waals surface area contributed by atoms with Gasteiger partial charge in [-0.3, -0.25) is 4.98 Å². The van der Waals surface area contributed by atoms with Crippen LogP contribution in [0.1, 0.15) is 18.4 Å². The molecule has 0 radical (unpaired) electrons. The van der Waals surface area contributed by atoms with Gasteiger partial charge in [0.15, 0.2) is 5.79 Å². The van der Waals surface area contributed by atoms with Gasteiger partial charge in [-0.05, 0) is 47.5 Å². The van der Waals surface area contributed by atoms with Gasteiger partial charge in [0.1, 0.15) is 5.69 Å². The lowest BCUT2D eigenvalue weighted by atomic mass is 9.68. The summed E-state index contributed by atoms with van der Waals surface area (Å²) >= 11 is 0. The summed E-state index contributed by atoms with van der Waals surface area (Å²) in [5.74, 6) is 0.879. The first-order valence-electron chi connectivity index (χ1n) is 13.1. The zero-order valence-electron chi connectivity index (χ0n) is 21.2. The highest BCUT2D eigenvalue weighted by Gasteiger charge is 2.57. The molecule has 0 bridgehead atoms. The van der Waals surface area contributed by atoms with Gasteiger partial charge in [-0.25, -0.2) is 0 Å². The Bertz CT molecular complexity index is 1810. The number of benzene rings is 2. The fraction of sp³-hybridized carbons (Fsp3) is 0.194. The zero-order valence-corrected chi connectivity index (χ0v) is 21.2. The molecule has 2 aliphatic rings. The highest BCUT2D eigenvalue weighted by Crippen LogP contribution is 2.51. The third kappa shape index (κ3) is 3.53. The topological polar surface area (TPSA) is 92.4 Å². The van der Waals surface area contributed by atoms with E-state index < -0.39 is 11.3 Å². The number of fused-ring (bicyclic) bond motifs is 3. The molecular formula is C31H26N5O3+. The van der Waals surface area contributed by atoms with E-state index in [1.165, 1.54) is 0 Å². The number of ether oxygens (including phenoxy) is 2. The molecule has 8 rings (SSSR count). The van der Waals surface area contributed by atoms with Crippen molar-refractivity contribution in [3.05, 3.63) is 103 Å². The number of furan rings is 1. The quantitative estimate of drug-likeness (QED) is 0.339. The second-order valence-electron chi connectivity index (χ2n) is 10.4. The van der Waals surface area contributed by atoms with Crippen molar-refractivity contribution in [1.29, 1.82) is 0 Å². The molecule has 0 atom stereocenters. The molecule has 1 spiro atoms. The third-order valence-corrected chi connectivity index (χ3v) is 7.91.